The van der Waals surface area contributed by atoms with Gasteiger partial charge in [0, 0.05) is 18.4 Å². The third kappa shape index (κ3) is 2.80. The molecule has 1 aromatic heterocycles. The average molecular weight is 275 g/mol. The standard InChI is InChI=1S/C14H21N5O/c1-9(2)13(8-20-4)19-14(16-17-18-19)12-7-11(15)6-5-10(12)3/h5-7,9,13H,8,15H2,1-4H3. The Morgan fingerprint density at radius 3 is 2.75 bits per heavy atom. The van der Waals surface area contributed by atoms with Crippen LogP contribution in [0.4, 0.5) is 5.69 Å². The molecule has 0 fully saturated rings. The topological polar surface area (TPSA) is 78.8 Å². The van der Waals surface area contributed by atoms with Crippen molar-refractivity contribution in [3.8, 4) is 11.4 Å². The summed E-state index contributed by atoms with van der Waals surface area (Å²) in [6.45, 7) is 6.84. The van der Waals surface area contributed by atoms with Crippen molar-refractivity contribution >= 4 is 5.69 Å². The maximum absolute atomic E-state index is 5.88. The molecule has 0 radical (unpaired) electrons. The second-order valence-electron chi connectivity index (χ2n) is 5.29. The van der Waals surface area contributed by atoms with E-state index in [9.17, 15) is 0 Å². The predicted octanol–water partition coefficient (Wildman–Crippen LogP) is 2.07. The molecule has 0 spiro atoms. The highest BCUT2D eigenvalue weighted by molar-refractivity contribution is 5.65. The Morgan fingerprint density at radius 2 is 2.10 bits per heavy atom. The molecule has 2 aromatic rings. The van der Waals surface area contributed by atoms with Crippen LogP contribution in [0, 0.1) is 12.8 Å². The van der Waals surface area contributed by atoms with Gasteiger partial charge in [0.2, 0.25) is 0 Å². The largest absolute Gasteiger partial charge is 0.399 e. The zero-order valence-corrected chi connectivity index (χ0v) is 12.4. The van der Waals surface area contributed by atoms with E-state index in [-0.39, 0.29) is 6.04 Å². The number of nitrogen functional groups attached to an aromatic ring is 1. The first kappa shape index (κ1) is 14.5. The van der Waals surface area contributed by atoms with Crippen LogP contribution in [-0.2, 0) is 4.74 Å². The number of nitrogens with two attached hydrogens (primary N) is 1. The van der Waals surface area contributed by atoms with Crippen molar-refractivity contribution < 1.29 is 4.74 Å². The highest BCUT2D eigenvalue weighted by Crippen LogP contribution is 2.27. The normalized spacial score (nSPS) is 12.8. The summed E-state index contributed by atoms with van der Waals surface area (Å²) >= 11 is 0. The number of aryl methyl sites for hydroxylation is 1. The van der Waals surface area contributed by atoms with Gasteiger partial charge in [0.1, 0.15) is 0 Å². The van der Waals surface area contributed by atoms with Crippen LogP contribution in [0.5, 0.6) is 0 Å². The van der Waals surface area contributed by atoms with Crippen molar-refractivity contribution in [2.75, 3.05) is 19.5 Å². The van der Waals surface area contributed by atoms with Gasteiger partial charge in [-0.25, -0.2) is 4.68 Å². The van der Waals surface area contributed by atoms with Crippen molar-refractivity contribution in [2.45, 2.75) is 26.8 Å². The summed E-state index contributed by atoms with van der Waals surface area (Å²) in [6, 6.07) is 5.85. The van der Waals surface area contributed by atoms with E-state index >= 15 is 0 Å². The van der Waals surface area contributed by atoms with Crippen LogP contribution in [0.2, 0.25) is 0 Å². The summed E-state index contributed by atoms with van der Waals surface area (Å²) in [4.78, 5) is 0. The summed E-state index contributed by atoms with van der Waals surface area (Å²) in [5, 5.41) is 12.1. The molecule has 2 N–H and O–H groups in total. The highest BCUT2D eigenvalue weighted by Gasteiger charge is 2.22. The number of aromatic nitrogens is 4. The van der Waals surface area contributed by atoms with Gasteiger partial charge >= 0.3 is 0 Å². The van der Waals surface area contributed by atoms with Gasteiger partial charge < -0.3 is 10.5 Å². The predicted molar refractivity (Wildman–Crippen MR) is 78.2 cm³/mol. The Balaban J connectivity index is 2.49. The Morgan fingerprint density at radius 1 is 1.35 bits per heavy atom. The SMILES string of the molecule is COCC(C(C)C)n1nnnc1-c1cc(N)ccc1C. The minimum absolute atomic E-state index is 0.0887. The molecule has 6 nitrogen and oxygen atoms in total. The molecular weight excluding hydrogens is 254 g/mol. The lowest BCUT2D eigenvalue weighted by Crippen LogP contribution is -2.22. The van der Waals surface area contributed by atoms with Gasteiger partial charge in [-0.05, 0) is 41.0 Å². The van der Waals surface area contributed by atoms with E-state index in [2.05, 4.69) is 29.4 Å². The fourth-order valence-electron chi connectivity index (χ4n) is 2.19. The molecule has 0 aliphatic rings. The number of methoxy groups -OCH3 is 1. The molecule has 20 heavy (non-hydrogen) atoms. The molecule has 0 amide bonds. The van der Waals surface area contributed by atoms with Gasteiger partial charge in [0.05, 0.1) is 12.6 Å². The molecule has 0 aliphatic carbocycles. The second kappa shape index (κ2) is 6.00. The lowest BCUT2D eigenvalue weighted by Gasteiger charge is -2.21. The summed E-state index contributed by atoms with van der Waals surface area (Å²) in [5.74, 6) is 1.09. The number of benzene rings is 1. The first-order valence-corrected chi connectivity index (χ1v) is 6.68. The average Bonchev–Trinajstić information content (AvgIpc) is 2.87. The molecule has 2 rings (SSSR count). The van der Waals surface area contributed by atoms with E-state index < -0.39 is 0 Å². The molecular formula is C14H21N5O. The zero-order valence-electron chi connectivity index (χ0n) is 12.4. The molecule has 0 bridgehead atoms. The van der Waals surface area contributed by atoms with Crippen LogP contribution in [0.15, 0.2) is 18.2 Å². The van der Waals surface area contributed by atoms with E-state index in [0.717, 1.165) is 17.0 Å². The van der Waals surface area contributed by atoms with Crippen LogP contribution in [0.25, 0.3) is 11.4 Å². The summed E-state index contributed by atoms with van der Waals surface area (Å²) < 4.78 is 7.12. The quantitative estimate of drug-likeness (QED) is 0.845. The van der Waals surface area contributed by atoms with Crippen LogP contribution in [0.1, 0.15) is 25.5 Å². The molecule has 1 heterocycles. The number of nitrogens with zero attached hydrogens (tertiary/aromatic N) is 4. The van der Waals surface area contributed by atoms with Gasteiger partial charge in [-0.2, -0.15) is 0 Å². The number of rotatable bonds is 5. The fourth-order valence-corrected chi connectivity index (χ4v) is 2.19. The maximum Gasteiger partial charge on any atom is 0.182 e. The van der Waals surface area contributed by atoms with Crippen molar-refractivity contribution in [3.63, 3.8) is 0 Å². The number of hydrogen-bond acceptors (Lipinski definition) is 5. The number of tetrazole rings is 1. The van der Waals surface area contributed by atoms with E-state index in [0.29, 0.717) is 18.2 Å². The summed E-state index contributed by atoms with van der Waals surface area (Å²) in [7, 11) is 1.69. The molecule has 6 heteroatoms. The molecule has 0 saturated heterocycles. The van der Waals surface area contributed by atoms with Gasteiger partial charge in [0.25, 0.3) is 0 Å². The Bertz CT molecular complexity index is 579. The first-order valence-electron chi connectivity index (χ1n) is 6.68. The summed E-state index contributed by atoms with van der Waals surface area (Å²) in [5.41, 5.74) is 8.63. The zero-order chi connectivity index (χ0) is 14.7. The lowest BCUT2D eigenvalue weighted by molar-refractivity contribution is 0.126. The van der Waals surface area contributed by atoms with Crippen molar-refractivity contribution in [3.05, 3.63) is 23.8 Å². The molecule has 1 unspecified atom stereocenters. The van der Waals surface area contributed by atoms with Gasteiger partial charge in [-0.15, -0.1) is 5.10 Å². The van der Waals surface area contributed by atoms with Crippen LogP contribution >= 0.6 is 0 Å². The van der Waals surface area contributed by atoms with Gasteiger partial charge in [-0.3, -0.25) is 0 Å². The fraction of sp³-hybridized carbons (Fsp3) is 0.500. The Hall–Kier alpha value is -1.95. The number of anilines is 1. The van der Waals surface area contributed by atoms with E-state index in [1.807, 2.05) is 29.8 Å². The highest BCUT2D eigenvalue weighted by atomic mass is 16.5. The van der Waals surface area contributed by atoms with Gasteiger partial charge in [0.15, 0.2) is 5.82 Å². The van der Waals surface area contributed by atoms with Crippen LogP contribution in [0.3, 0.4) is 0 Å². The van der Waals surface area contributed by atoms with Crippen molar-refractivity contribution in [1.82, 2.24) is 20.2 Å². The summed E-state index contributed by atoms with van der Waals surface area (Å²) in [6.07, 6.45) is 0. The van der Waals surface area contributed by atoms with E-state index in [1.165, 1.54) is 0 Å². The lowest BCUT2D eigenvalue weighted by atomic mass is 10.0. The Kier molecular flexibility index (Phi) is 4.34. The molecule has 1 atom stereocenters. The molecule has 108 valence electrons. The van der Waals surface area contributed by atoms with E-state index in [1.54, 1.807) is 7.11 Å². The third-order valence-electron chi connectivity index (χ3n) is 3.42. The number of ether oxygens (including phenoxy) is 1. The van der Waals surface area contributed by atoms with Gasteiger partial charge in [-0.1, -0.05) is 19.9 Å². The van der Waals surface area contributed by atoms with E-state index in [4.69, 9.17) is 10.5 Å². The monoisotopic (exact) mass is 275 g/mol. The smallest absolute Gasteiger partial charge is 0.182 e. The second-order valence-corrected chi connectivity index (χ2v) is 5.29. The molecule has 0 saturated carbocycles. The van der Waals surface area contributed by atoms with Crippen molar-refractivity contribution in [1.29, 1.82) is 0 Å². The third-order valence-corrected chi connectivity index (χ3v) is 3.42. The van der Waals surface area contributed by atoms with Crippen LogP contribution in [-0.4, -0.2) is 33.9 Å². The first-order chi connectivity index (χ1) is 9.54. The maximum atomic E-state index is 5.88. The minimum atomic E-state index is 0.0887. The number of hydrogen-bond donors (Lipinski definition) is 1. The molecule has 0 aliphatic heterocycles. The van der Waals surface area contributed by atoms with Crippen LogP contribution < -0.4 is 5.73 Å². The van der Waals surface area contributed by atoms with Crippen molar-refractivity contribution in [2.24, 2.45) is 5.92 Å². The Labute approximate surface area is 118 Å². The minimum Gasteiger partial charge on any atom is -0.399 e. The molecule has 1 aromatic carbocycles.